The number of alkyl halides is 3. The van der Waals surface area contributed by atoms with Gasteiger partial charge in [-0.2, -0.15) is 13.2 Å². The van der Waals surface area contributed by atoms with Crippen molar-refractivity contribution in [2.24, 2.45) is 5.11 Å². The van der Waals surface area contributed by atoms with E-state index in [4.69, 9.17) is 10.6 Å². The van der Waals surface area contributed by atoms with Crippen molar-refractivity contribution >= 4 is 12.0 Å². The Morgan fingerprint density at radius 2 is 2.05 bits per heavy atom. The molecule has 0 radical (unpaired) electrons. The molecule has 0 atom stereocenters. The minimum absolute atomic E-state index is 0.224. The maximum Gasteiger partial charge on any atom is 0.416 e. The van der Waals surface area contributed by atoms with Gasteiger partial charge in [-0.05, 0) is 23.7 Å². The number of hydrogen-bond donors (Lipinski definition) is 1. The molecule has 1 rings (SSSR count). The highest BCUT2D eigenvalue weighted by atomic mass is 19.4. The van der Waals surface area contributed by atoms with E-state index >= 15 is 0 Å². The Kier molecular flexibility index (Phi) is 4.13. The fourth-order valence-corrected chi connectivity index (χ4v) is 1.15. The molecular weight excluding hydrogens is 270 g/mol. The SMILES string of the molecule is [N-]=[N+]=NC(=Cc1ccc(C(F)(F)F)cc1F)C(=O)O. The molecule has 5 nitrogen and oxygen atoms in total. The molecule has 0 spiro atoms. The van der Waals surface area contributed by atoms with Crippen LogP contribution in [0.4, 0.5) is 17.6 Å². The minimum atomic E-state index is -4.70. The van der Waals surface area contributed by atoms with Gasteiger partial charge < -0.3 is 5.11 Å². The average molecular weight is 275 g/mol. The van der Waals surface area contributed by atoms with E-state index in [0.29, 0.717) is 12.1 Å². The Bertz CT molecular complexity index is 585. The van der Waals surface area contributed by atoms with Gasteiger partial charge in [-0.1, -0.05) is 11.2 Å². The predicted molar refractivity (Wildman–Crippen MR) is 56.2 cm³/mol. The van der Waals surface area contributed by atoms with E-state index in [1.54, 1.807) is 0 Å². The molecule has 0 aromatic heterocycles. The number of carbonyl (C=O) groups is 1. The molecule has 0 saturated heterocycles. The van der Waals surface area contributed by atoms with Crippen LogP contribution in [0.3, 0.4) is 0 Å². The van der Waals surface area contributed by atoms with Crippen LogP contribution in [0.2, 0.25) is 0 Å². The zero-order valence-corrected chi connectivity index (χ0v) is 9.02. The molecule has 1 N–H and O–H groups in total. The lowest BCUT2D eigenvalue weighted by Gasteiger charge is -2.07. The summed E-state index contributed by atoms with van der Waals surface area (Å²) in [5, 5.41) is 11.4. The quantitative estimate of drug-likeness (QED) is 0.300. The summed E-state index contributed by atoms with van der Waals surface area (Å²) in [5.41, 5.74) is 5.62. The smallest absolute Gasteiger partial charge is 0.416 e. The summed E-state index contributed by atoms with van der Waals surface area (Å²) in [7, 11) is 0. The number of carboxylic acids is 1. The van der Waals surface area contributed by atoms with Gasteiger partial charge in [0.05, 0.1) is 5.56 Å². The molecule has 9 heteroatoms. The third-order valence-electron chi connectivity index (χ3n) is 1.99. The van der Waals surface area contributed by atoms with Crippen LogP contribution in [0, 0.1) is 5.82 Å². The van der Waals surface area contributed by atoms with E-state index < -0.39 is 34.8 Å². The minimum Gasteiger partial charge on any atom is -0.478 e. The number of hydrogen-bond acceptors (Lipinski definition) is 2. The van der Waals surface area contributed by atoms with Gasteiger partial charge in [0.2, 0.25) is 0 Å². The molecule has 0 aliphatic carbocycles. The summed E-state index contributed by atoms with van der Waals surface area (Å²) >= 11 is 0. The van der Waals surface area contributed by atoms with Gasteiger partial charge in [0, 0.05) is 10.5 Å². The van der Waals surface area contributed by atoms with Crippen molar-refractivity contribution in [1.82, 2.24) is 0 Å². The number of rotatable bonds is 3. The molecule has 100 valence electrons. The average Bonchev–Trinajstić information content (AvgIpc) is 2.29. The first-order valence-electron chi connectivity index (χ1n) is 4.62. The highest BCUT2D eigenvalue weighted by Gasteiger charge is 2.31. The van der Waals surface area contributed by atoms with Crippen molar-refractivity contribution in [2.45, 2.75) is 6.18 Å². The van der Waals surface area contributed by atoms with Crippen molar-refractivity contribution in [3.05, 3.63) is 51.3 Å². The molecule has 0 aliphatic rings. The standard InChI is InChI=1S/C10H5F4N3O2/c11-7-4-6(10(12,13)14)2-1-5(7)3-8(9(18)19)16-17-15/h1-4H,(H,18,19). The Hall–Kier alpha value is -2.54. The molecule has 0 bridgehead atoms. The zero-order chi connectivity index (χ0) is 14.6. The molecule has 1 aromatic carbocycles. The summed E-state index contributed by atoms with van der Waals surface area (Å²) in [4.78, 5) is 12.8. The van der Waals surface area contributed by atoms with Gasteiger partial charge in [-0.25, -0.2) is 9.18 Å². The van der Waals surface area contributed by atoms with E-state index in [1.165, 1.54) is 0 Å². The van der Waals surface area contributed by atoms with Gasteiger partial charge in [0.25, 0.3) is 0 Å². The van der Waals surface area contributed by atoms with E-state index in [-0.39, 0.29) is 6.07 Å². The molecular formula is C10H5F4N3O2. The second-order valence-corrected chi connectivity index (χ2v) is 3.26. The van der Waals surface area contributed by atoms with Crippen LogP contribution in [-0.2, 0) is 11.0 Å². The number of aliphatic carboxylic acids is 1. The number of halogens is 4. The predicted octanol–water partition coefficient (Wildman–Crippen LogP) is 3.58. The second kappa shape index (κ2) is 5.40. The van der Waals surface area contributed by atoms with Gasteiger partial charge in [-0.15, -0.1) is 0 Å². The summed E-state index contributed by atoms with van der Waals surface area (Å²) in [5.74, 6) is -2.90. The largest absolute Gasteiger partial charge is 0.478 e. The van der Waals surface area contributed by atoms with Crippen LogP contribution in [0.1, 0.15) is 11.1 Å². The van der Waals surface area contributed by atoms with Crippen LogP contribution in [0.25, 0.3) is 16.5 Å². The van der Waals surface area contributed by atoms with Crippen LogP contribution >= 0.6 is 0 Å². The van der Waals surface area contributed by atoms with E-state index in [0.717, 1.165) is 6.07 Å². The van der Waals surface area contributed by atoms with Crippen LogP contribution < -0.4 is 0 Å². The number of benzene rings is 1. The zero-order valence-electron chi connectivity index (χ0n) is 9.02. The lowest BCUT2D eigenvalue weighted by molar-refractivity contribution is -0.137. The summed E-state index contributed by atoms with van der Waals surface area (Å²) in [6, 6.07) is 1.56. The highest BCUT2D eigenvalue weighted by Crippen LogP contribution is 2.30. The highest BCUT2D eigenvalue weighted by molar-refractivity contribution is 5.91. The number of azide groups is 1. The molecule has 0 aliphatic heterocycles. The maximum atomic E-state index is 13.4. The van der Waals surface area contributed by atoms with Crippen LogP contribution in [-0.4, -0.2) is 11.1 Å². The van der Waals surface area contributed by atoms with Crippen molar-refractivity contribution < 1.29 is 27.5 Å². The molecule has 1 aromatic rings. The second-order valence-electron chi connectivity index (χ2n) is 3.26. The van der Waals surface area contributed by atoms with Crippen LogP contribution in [0.15, 0.2) is 29.0 Å². The Morgan fingerprint density at radius 1 is 1.42 bits per heavy atom. The van der Waals surface area contributed by atoms with Gasteiger partial charge in [0.15, 0.2) is 0 Å². The van der Waals surface area contributed by atoms with Crippen LogP contribution in [0.5, 0.6) is 0 Å². The lowest BCUT2D eigenvalue weighted by Crippen LogP contribution is -2.05. The van der Waals surface area contributed by atoms with Gasteiger partial charge >= 0.3 is 12.1 Å². The molecule has 0 amide bonds. The fourth-order valence-electron chi connectivity index (χ4n) is 1.15. The molecule has 0 saturated carbocycles. The third-order valence-corrected chi connectivity index (χ3v) is 1.99. The Labute approximate surface area is 103 Å². The molecule has 19 heavy (non-hydrogen) atoms. The lowest BCUT2D eigenvalue weighted by atomic mass is 10.1. The van der Waals surface area contributed by atoms with E-state index in [1.807, 2.05) is 0 Å². The molecule has 0 heterocycles. The first-order valence-corrected chi connectivity index (χ1v) is 4.62. The van der Waals surface area contributed by atoms with Crippen molar-refractivity contribution in [2.75, 3.05) is 0 Å². The van der Waals surface area contributed by atoms with Crippen molar-refractivity contribution in [1.29, 1.82) is 0 Å². The van der Waals surface area contributed by atoms with E-state index in [2.05, 4.69) is 10.0 Å². The first kappa shape index (κ1) is 14.5. The van der Waals surface area contributed by atoms with Crippen molar-refractivity contribution in [3.63, 3.8) is 0 Å². The summed E-state index contributed by atoms with van der Waals surface area (Å²) < 4.78 is 50.2. The van der Waals surface area contributed by atoms with E-state index in [9.17, 15) is 22.4 Å². The first-order chi connectivity index (χ1) is 8.75. The van der Waals surface area contributed by atoms with Gasteiger partial charge in [0.1, 0.15) is 11.5 Å². The monoisotopic (exact) mass is 275 g/mol. The summed E-state index contributed by atoms with van der Waals surface area (Å²) in [6.07, 6.45) is -4.07. The van der Waals surface area contributed by atoms with Gasteiger partial charge in [-0.3, -0.25) is 0 Å². The normalized spacial score (nSPS) is 11.9. The Balaban J connectivity index is 3.27. The maximum absolute atomic E-state index is 13.4. The number of nitrogens with zero attached hydrogens (tertiary/aromatic N) is 3. The number of carboxylic acid groups (broad SMARTS) is 1. The molecule has 0 fully saturated rings. The third kappa shape index (κ3) is 3.71. The van der Waals surface area contributed by atoms with Crippen molar-refractivity contribution in [3.8, 4) is 0 Å². The topological polar surface area (TPSA) is 86.1 Å². The summed E-state index contributed by atoms with van der Waals surface area (Å²) in [6.45, 7) is 0. The fraction of sp³-hybridized carbons (Fsp3) is 0.100. The Morgan fingerprint density at radius 3 is 2.47 bits per heavy atom. The molecule has 0 unspecified atom stereocenters.